The van der Waals surface area contributed by atoms with Crippen LogP contribution >= 0.6 is 0 Å². The van der Waals surface area contributed by atoms with Gasteiger partial charge in [-0.2, -0.15) is 4.52 Å². The average Bonchev–Trinajstić information content (AvgIpc) is 3.16. The van der Waals surface area contributed by atoms with E-state index in [2.05, 4.69) is 25.3 Å². The van der Waals surface area contributed by atoms with Gasteiger partial charge < -0.3 is 5.32 Å². The number of nitrogens with zero attached hydrogens (tertiary/aromatic N) is 4. The molecular weight excluding hydrogens is 388 g/mol. The highest BCUT2D eigenvalue weighted by Crippen LogP contribution is 2.10. The van der Waals surface area contributed by atoms with E-state index in [1.165, 1.54) is 0 Å². The molecule has 2 aromatic carbocycles. The van der Waals surface area contributed by atoms with Crippen molar-refractivity contribution in [3.63, 3.8) is 0 Å². The molecule has 2 aromatic heterocycles. The van der Waals surface area contributed by atoms with Crippen molar-refractivity contribution in [1.82, 2.24) is 24.5 Å². The first-order chi connectivity index (χ1) is 14.1. The van der Waals surface area contributed by atoms with E-state index in [-0.39, 0.29) is 11.4 Å². The topological polar surface area (TPSA) is 101 Å². The van der Waals surface area contributed by atoms with E-state index >= 15 is 0 Å². The number of anilines is 1. The summed E-state index contributed by atoms with van der Waals surface area (Å²) in [6.07, 6.45) is 0.363. The minimum atomic E-state index is -3.55. The zero-order valence-corrected chi connectivity index (χ0v) is 16.4. The number of benzene rings is 2. The second-order valence-corrected chi connectivity index (χ2v) is 8.17. The zero-order valence-electron chi connectivity index (χ0n) is 15.6. The van der Waals surface area contributed by atoms with E-state index in [1.807, 2.05) is 42.5 Å². The molecule has 9 heteroatoms. The Kier molecular flexibility index (Phi) is 5.50. The van der Waals surface area contributed by atoms with E-state index < -0.39 is 10.0 Å². The molecule has 0 aliphatic heterocycles. The number of hydrogen-bond donors (Lipinski definition) is 2. The van der Waals surface area contributed by atoms with E-state index in [1.54, 1.807) is 34.8 Å². The van der Waals surface area contributed by atoms with Crippen LogP contribution in [0, 0.1) is 0 Å². The van der Waals surface area contributed by atoms with E-state index in [0.717, 1.165) is 5.56 Å². The number of rotatable bonds is 8. The zero-order chi connectivity index (χ0) is 20.1. The third-order valence-electron chi connectivity index (χ3n) is 4.34. The van der Waals surface area contributed by atoms with Gasteiger partial charge in [0.1, 0.15) is 5.82 Å². The van der Waals surface area contributed by atoms with Crippen molar-refractivity contribution in [3.8, 4) is 0 Å². The summed E-state index contributed by atoms with van der Waals surface area (Å²) >= 11 is 0. The Bertz CT molecular complexity index is 1190. The van der Waals surface area contributed by atoms with Gasteiger partial charge in [-0.15, -0.1) is 15.3 Å². The third kappa shape index (κ3) is 4.58. The van der Waals surface area contributed by atoms with Crippen LogP contribution in [0.5, 0.6) is 0 Å². The summed E-state index contributed by atoms with van der Waals surface area (Å²) < 4.78 is 28.9. The Morgan fingerprint density at radius 1 is 0.862 bits per heavy atom. The van der Waals surface area contributed by atoms with Crippen molar-refractivity contribution >= 4 is 21.5 Å². The van der Waals surface area contributed by atoms with E-state index in [4.69, 9.17) is 0 Å². The van der Waals surface area contributed by atoms with Crippen LogP contribution in [0.25, 0.3) is 5.65 Å². The fraction of sp³-hybridized carbons (Fsp3) is 0.150. The van der Waals surface area contributed by atoms with Gasteiger partial charge in [0, 0.05) is 19.5 Å². The normalized spacial score (nSPS) is 11.6. The molecule has 0 aliphatic rings. The maximum absolute atomic E-state index is 12.3. The largest absolute Gasteiger partial charge is 0.365 e. The van der Waals surface area contributed by atoms with Crippen LogP contribution in [0.3, 0.4) is 0 Å². The van der Waals surface area contributed by atoms with Crippen LogP contribution in [0.2, 0.25) is 0 Å². The van der Waals surface area contributed by atoms with Gasteiger partial charge in [-0.05, 0) is 29.8 Å². The van der Waals surface area contributed by atoms with Crippen molar-refractivity contribution < 1.29 is 8.42 Å². The molecule has 0 spiro atoms. The molecule has 4 aromatic rings. The lowest BCUT2D eigenvalue weighted by molar-refractivity contribution is 0.580. The van der Waals surface area contributed by atoms with Gasteiger partial charge in [0.25, 0.3) is 0 Å². The monoisotopic (exact) mass is 408 g/mol. The summed E-state index contributed by atoms with van der Waals surface area (Å²) in [6, 6.07) is 22.0. The summed E-state index contributed by atoms with van der Waals surface area (Å²) in [5, 5.41) is 16.0. The summed E-state index contributed by atoms with van der Waals surface area (Å²) in [6.45, 7) is 0.842. The summed E-state index contributed by atoms with van der Waals surface area (Å²) in [5.74, 6) is 1.27. The van der Waals surface area contributed by atoms with Crippen molar-refractivity contribution in [2.45, 2.75) is 17.9 Å². The van der Waals surface area contributed by atoms with Crippen LogP contribution in [-0.2, 0) is 23.0 Å². The predicted octanol–water partition coefficient (Wildman–Crippen LogP) is 2.26. The second-order valence-electron chi connectivity index (χ2n) is 6.40. The maximum Gasteiger partial charge on any atom is 0.240 e. The Hall–Kier alpha value is -3.30. The summed E-state index contributed by atoms with van der Waals surface area (Å²) in [5.41, 5.74) is 1.75. The molecule has 8 nitrogen and oxygen atoms in total. The molecule has 29 heavy (non-hydrogen) atoms. The Morgan fingerprint density at radius 3 is 2.34 bits per heavy atom. The van der Waals surface area contributed by atoms with Gasteiger partial charge in [0.2, 0.25) is 10.0 Å². The van der Waals surface area contributed by atoms with Crippen LogP contribution in [0.4, 0.5) is 5.82 Å². The van der Waals surface area contributed by atoms with Gasteiger partial charge in [-0.3, -0.25) is 0 Å². The molecule has 0 amide bonds. The molecule has 0 unspecified atom stereocenters. The lowest BCUT2D eigenvalue weighted by Gasteiger charge is -2.07. The molecule has 2 heterocycles. The van der Waals surface area contributed by atoms with Gasteiger partial charge in [0.05, 0.1) is 4.90 Å². The number of aromatic nitrogens is 4. The highest BCUT2D eigenvalue weighted by Gasteiger charge is 2.14. The Balaban J connectivity index is 1.42. The minimum absolute atomic E-state index is 0.196. The van der Waals surface area contributed by atoms with Crippen molar-refractivity contribution in [1.29, 1.82) is 0 Å². The molecule has 0 radical (unpaired) electrons. The molecule has 0 aliphatic carbocycles. The van der Waals surface area contributed by atoms with Crippen molar-refractivity contribution in [2.75, 3.05) is 11.9 Å². The molecule has 0 saturated carbocycles. The smallest absolute Gasteiger partial charge is 0.240 e. The summed E-state index contributed by atoms with van der Waals surface area (Å²) in [7, 11) is -3.55. The summed E-state index contributed by atoms with van der Waals surface area (Å²) in [4.78, 5) is 0.233. The lowest BCUT2D eigenvalue weighted by atomic mass is 10.2. The van der Waals surface area contributed by atoms with Crippen LogP contribution in [-0.4, -0.2) is 34.8 Å². The highest BCUT2D eigenvalue weighted by atomic mass is 32.2. The van der Waals surface area contributed by atoms with Crippen molar-refractivity contribution in [2.24, 2.45) is 0 Å². The van der Waals surface area contributed by atoms with Crippen LogP contribution < -0.4 is 10.0 Å². The molecular formula is C20H20N6O2S. The van der Waals surface area contributed by atoms with Crippen LogP contribution in [0.15, 0.2) is 77.7 Å². The number of hydrogen-bond acceptors (Lipinski definition) is 6. The molecule has 0 atom stereocenters. The molecule has 0 bridgehead atoms. The molecule has 2 N–H and O–H groups in total. The number of nitrogens with one attached hydrogen (secondary N) is 2. The maximum atomic E-state index is 12.3. The fourth-order valence-electron chi connectivity index (χ4n) is 2.85. The molecule has 0 fully saturated rings. The minimum Gasteiger partial charge on any atom is -0.365 e. The standard InChI is InChI=1S/C20H20N6O2S/c27-29(28,17-9-5-2-6-10-17)22-14-13-20-24-23-19-12-11-18(25-26(19)20)21-15-16-7-3-1-4-8-16/h1-12,22H,13-15H2,(H,21,25). The predicted molar refractivity (Wildman–Crippen MR) is 110 cm³/mol. The Labute approximate surface area is 168 Å². The first-order valence-electron chi connectivity index (χ1n) is 9.16. The molecule has 4 rings (SSSR count). The third-order valence-corrected chi connectivity index (χ3v) is 5.81. The first kappa shape index (κ1) is 19.0. The molecule has 0 saturated heterocycles. The lowest BCUT2D eigenvalue weighted by Crippen LogP contribution is -2.26. The van der Waals surface area contributed by atoms with Gasteiger partial charge in [-0.1, -0.05) is 48.5 Å². The Morgan fingerprint density at radius 2 is 1.59 bits per heavy atom. The van der Waals surface area contributed by atoms with Crippen molar-refractivity contribution in [3.05, 3.63) is 84.2 Å². The average molecular weight is 408 g/mol. The second kappa shape index (κ2) is 8.38. The first-order valence-corrected chi connectivity index (χ1v) is 10.6. The number of fused-ring (bicyclic) bond motifs is 1. The van der Waals surface area contributed by atoms with Crippen LogP contribution in [0.1, 0.15) is 11.4 Å². The quantitative estimate of drug-likeness (QED) is 0.464. The van der Waals surface area contributed by atoms with E-state index in [0.29, 0.717) is 30.3 Å². The van der Waals surface area contributed by atoms with Gasteiger partial charge >= 0.3 is 0 Å². The van der Waals surface area contributed by atoms with E-state index in [9.17, 15) is 8.42 Å². The van der Waals surface area contributed by atoms with Gasteiger partial charge in [0.15, 0.2) is 11.5 Å². The number of sulfonamides is 1. The SMILES string of the molecule is O=S(=O)(NCCc1nnc2ccc(NCc3ccccc3)nn12)c1ccccc1. The highest BCUT2D eigenvalue weighted by molar-refractivity contribution is 7.89. The fourth-order valence-corrected chi connectivity index (χ4v) is 3.91. The van der Waals surface area contributed by atoms with Gasteiger partial charge in [-0.25, -0.2) is 13.1 Å². The molecule has 148 valence electrons.